The Morgan fingerprint density at radius 1 is 1.25 bits per heavy atom. The SMILES string of the molecule is CC(=N)/C(=C(/C)Nc1ccc(C(F)(F)F)cc1)[N+](=O)[O-]. The Bertz CT molecular complexity index is 546. The van der Waals surface area contributed by atoms with Gasteiger partial charge in [-0.1, -0.05) is 0 Å². The maximum absolute atomic E-state index is 12.4. The molecule has 0 atom stereocenters. The predicted molar refractivity (Wildman–Crippen MR) is 68.2 cm³/mol. The fraction of sp³-hybridized carbons (Fsp3) is 0.250. The molecule has 1 aromatic rings. The average Bonchev–Trinajstić information content (AvgIpc) is 2.26. The zero-order chi connectivity index (χ0) is 15.5. The van der Waals surface area contributed by atoms with Crippen LogP contribution >= 0.6 is 0 Å². The second-order valence-corrected chi connectivity index (χ2v) is 4.06. The molecule has 0 spiro atoms. The van der Waals surface area contributed by atoms with Crippen LogP contribution < -0.4 is 5.32 Å². The molecule has 108 valence electrons. The maximum atomic E-state index is 12.4. The quantitative estimate of drug-likeness (QED) is 0.504. The highest BCUT2D eigenvalue weighted by Crippen LogP contribution is 2.30. The summed E-state index contributed by atoms with van der Waals surface area (Å²) in [7, 11) is 0. The number of alkyl halides is 3. The Kier molecular flexibility index (Phi) is 4.49. The van der Waals surface area contributed by atoms with Crippen molar-refractivity contribution in [2.45, 2.75) is 20.0 Å². The first-order valence-electron chi connectivity index (χ1n) is 5.48. The van der Waals surface area contributed by atoms with Crippen LogP contribution in [0.2, 0.25) is 0 Å². The molecule has 0 amide bonds. The van der Waals surface area contributed by atoms with Crippen molar-refractivity contribution in [3.05, 3.63) is 51.3 Å². The lowest BCUT2D eigenvalue weighted by Gasteiger charge is -2.10. The van der Waals surface area contributed by atoms with Crippen molar-refractivity contribution in [1.29, 1.82) is 5.41 Å². The molecule has 0 fully saturated rings. The highest BCUT2D eigenvalue weighted by atomic mass is 19.4. The molecule has 0 unspecified atom stereocenters. The molecule has 5 nitrogen and oxygen atoms in total. The molecule has 0 aromatic heterocycles. The third-order valence-corrected chi connectivity index (χ3v) is 2.44. The monoisotopic (exact) mass is 287 g/mol. The summed E-state index contributed by atoms with van der Waals surface area (Å²) in [5.74, 6) is 0. The number of nitro groups is 1. The first-order valence-corrected chi connectivity index (χ1v) is 5.48. The number of anilines is 1. The van der Waals surface area contributed by atoms with Gasteiger partial charge in [-0.3, -0.25) is 15.5 Å². The van der Waals surface area contributed by atoms with Crippen molar-refractivity contribution < 1.29 is 18.1 Å². The van der Waals surface area contributed by atoms with Crippen molar-refractivity contribution in [3.8, 4) is 0 Å². The third-order valence-electron chi connectivity index (χ3n) is 2.44. The van der Waals surface area contributed by atoms with Crippen LogP contribution in [-0.4, -0.2) is 10.6 Å². The molecular formula is C12H12F3N3O2. The van der Waals surface area contributed by atoms with Gasteiger partial charge in [-0.25, -0.2) is 0 Å². The van der Waals surface area contributed by atoms with Crippen molar-refractivity contribution in [1.82, 2.24) is 0 Å². The molecule has 0 bridgehead atoms. The van der Waals surface area contributed by atoms with Gasteiger partial charge < -0.3 is 5.32 Å². The Morgan fingerprint density at radius 2 is 1.75 bits per heavy atom. The second-order valence-electron chi connectivity index (χ2n) is 4.06. The Morgan fingerprint density at radius 3 is 2.10 bits per heavy atom. The lowest BCUT2D eigenvalue weighted by molar-refractivity contribution is -0.416. The van der Waals surface area contributed by atoms with Crippen LogP contribution in [0, 0.1) is 15.5 Å². The van der Waals surface area contributed by atoms with Gasteiger partial charge in [-0.05, 0) is 38.1 Å². The minimum atomic E-state index is -4.43. The summed E-state index contributed by atoms with van der Waals surface area (Å²) < 4.78 is 37.1. The lowest BCUT2D eigenvalue weighted by Crippen LogP contribution is -2.13. The van der Waals surface area contributed by atoms with Gasteiger partial charge >= 0.3 is 11.9 Å². The van der Waals surface area contributed by atoms with Gasteiger partial charge in [-0.2, -0.15) is 13.2 Å². The zero-order valence-electron chi connectivity index (χ0n) is 10.7. The van der Waals surface area contributed by atoms with Crippen LogP contribution in [0.15, 0.2) is 35.7 Å². The van der Waals surface area contributed by atoms with E-state index in [-0.39, 0.29) is 17.1 Å². The van der Waals surface area contributed by atoms with E-state index in [9.17, 15) is 23.3 Å². The first kappa shape index (κ1) is 15.7. The first-order chi connectivity index (χ1) is 9.12. The number of allylic oxidation sites excluding steroid dienone is 2. The van der Waals surface area contributed by atoms with Crippen molar-refractivity contribution >= 4 is 11.4 Å². The highest BCUT2D eigenvalue weighted by Gasteiger charge is 2.30. The molecule has 0 aliphatic heterocycles. The minimum absolute atomic E-state index is 0.0854. The van der Waals surface area contributed by atoms with Gasteiger partial charge in [0.1, 0.15) is 5.71 Å². The van der Waals surface area contributed by atoms with Gasteiger partial charge in [0.15, 0.2) is 0 Å². The van der Waals surface area contributed by atoms with E-state index in [1.807, 2.05) is 0 Å². The van der Waals surface area contributed by atoms with Crippen LogP contribution in [0.3, 0.4) is 0 Å². The Balaban J connectivity index is 3.02. The number of rotatable bonds is 4. The molecule has 0 aliphatic rings. The van der Waals surface area contributed by atoms with Crippen molar-refractivity contribution in [2.75, 3.05) is 5.32 Å². The topological polar surface area (TPSA) is 79.0 Å². The molecule has 8 heteroatoms. The van der Waals surface area contributed by atoms with Crippen LogP contribution in [0.5, 0.6) is 0 Å². The van der Waals surface area contributed by atoms with E-state index in [0.29, 0.717) is 0 Å². The molecule has 0 saturated heterocycles. The standard InChI is InChI=1S/C12H12F3N3O2/c1-7(16)11(18(19)20)8(2)17-10-5-3-9(4-6-10)12(13,14)15/h3-6,16-17H,1-2H3/b11-8+,16-7?. The maximum Gasteiger partial charge on any atom is 0.416 e. The summed E-state index contributed by atoms with van der Waals surface area (Å²) in [5, 5.41) is 20.7. The van der Waals surface area contributed by atoms with Crippen molar-refractivity contribution in [3.63, 3.8) is 0 Å². The molecule has 2 N–H and O–H groups in total. The molecule has 0 saturated carbocycles. The summed E-state index contributed by atoms with van der Waals surface area (Å²) in [6.07, 6.45) is -4.43. The molecule has 0 heterocycles. The van der Waals surface area contributed by atoms with Crippen LogP contribution in [0.1, 0.15) is 19.4 Å². The van der Waals surface area contributed by atoms with Gasteiger partial charge in [0, 0.05) is 5.69 Å². The minimum Gasteiger partial charge on any atom is -0.353 e. The summed E-state index contributed by atoms with van der Waals surface area (Å²) in [4.78, 5) is 10.1. The van der Waals surface area contributed by atoms with Gasteiger partial charge in [0.25, 0.3) is 0 Å². The number of benzene rings is 1. The van der Waals surface area contributed by atoms with E-state index in [2.05, 4.69) is 5.32 Å². The number of halogens is 3. The van der Waals surface area contributed by atoms with Crippen LogP contribution in [-0.2, 0) is 6.18 Å². The summed E-state index contributed by atoms with van der Waals surface area (Å²) in [5.41, 5.74) is -1.10. The van der Waals surface area contributed by atoms with Gasteiger partial charge in [0.2, 0.25) is 0 Å². The van der Waals surface area contributed by atoms with E-state index in [0.717, 1.165) is 12.1 Å². The molecule has 1 aromatic carbocycles. The molecule has 0 radical (unpaired) electrons. The smallest absolute Gasteiger partial charge is 0.353 e. The lowest BCUT2D eigenvalue weighted by atomic mass is 10.2. The van der Waals surface area contributed by atoms with Gasteiger partial charge in [-0.15, -0.1) is 0 Å². The van der Waals surface area contributed by atoms with Crippen molar-refractivity contribution in [2.24, 2.45) is 0 Å². The fourth-order valence-electron chi connectivity index (χ4n) is 1.57. The van der Waals surface area contributed by atoms with Crippen LogP contribution in [0.25, 0.3) is 0 Å². The second kappa shape index (κ2) is 5.72. The Labute approximate surface area is 112 Å². The molecule has 1 rings (SSSR count). The van der Waals surface area contributed by atoms with E-state index in [1.165, 1.54) is 26.0 Å². The molecular weight excluding hydrogens is 275 g/mol. The number of nitrogens with one attached hydrogen (secondary N) is 2. The van der Waals surface area contributed by atoms with Gasteiger partial charge in [0.05, 0.1) is 16.2 Å². The highest BCUT2D eigenvalue weighted by molar-refractivity contribution is 5.94. The van der Waals surface area contributed by atoms with E-state index in [4.69, 9.17) is 5.41 Å². The molecule has 20 heavy (non-hydrogen) atoms. The summed E-state index contributed by atoms with van der Waals surface area (Å²) in [6, 6.07) is 4.09. The number of hydrogen-bond acceptors (Lipinski definition) is 4. The largest absolute Gasteiger partial charge is 0.416 e. The number of nitrogens with zero attached hydrogens (tertiary/aromatic N) is 1. The average molecular weight is 287 g/mol. The number of hydrogen-bond donors (Lipinski definition) is 2. The Hall–Kier alpha value is -2.38. The summed E-state index contributed by atoms with van der Waals surface area (Å²) >= 11 is 0. The summed E-state index contributed by atoms with van der Waals surface area (Å²) in [6.45, 7) is 2.64. The van der Waals surface area contributed by atoms with Crippen LogP contribution in [0.4, 0.5) is 18.9 Å². The normalized spacial score (nSPS) is 12.7. The van der Waals surface area contributed by atoms with E-state index < -0.39 is 22.4 Å². The fourth-order valence-corrected chi connectivity index (χ4v) is 1.57. The molecule has 0 aliphatic carbocycles. The third kappa shape index (κ3) is 3.81. The zero-order valence-corrected chi connectivity index (χ0v) is 10.7. The van der Waals surface area contributed by atoms with E-state index in [1.54, 1.807) is 0 Å². The predicted octanol–water partition coefficient (Wildman–Crippen LogP) is 3.67. The van der Waals surface area contributed by atoms with E-state index >= 15 is 0 Å².